The molecule has 1 aromatic heterocycles. The number of rotatable bonds is 1. The van der Waals surface area contributed by atoms with Gasteiger partial charge in [0.2, 0.25) is 0 Å². The molecule has 0 bridgehead atoms. The maximum absolute atomic E-state index is 13.5. The predicted molar refractivity (Wildman–Crippen MR) is 55.0 cm³/mol. The number of benzene rings is 1. The molecule has 0 unspecified atom stereocenters. The molecule has 0 spiro atoms. The van der Waals surface area contributed by atoms with E-state index in [-0.39, 0.29) is 11.5 Å². The normalized spacial score (nSPS) is 10.9. The van der Waals surface area contributed by atoms with Crippen LogP contribution >= 0.6 is 0 Å². The summed E-state index contributed by atoms with van der Waals surface area (Å²) in [5.41, 5.74) is 0.550. The molecule has 2 aromatic rings. The topological polar surface area (TPSA) is 36.9 Å². The number of furan rings is 1. The van der Waals surface area contributed by atoms with Crippen molar-refractivity contribution < 1.29 is 8.81 Å². The lowest BCUT2D eigenvalue weighted by atomic mass is 10.1. The Morgan fingerprint density at radius 1 is 1.33 bits per heavy atom. The molecule has 0 radical (unpaired) electrons. The van der Waals surface area contributed by atoms with Crippen molar-refractivity contribution >= 4 is 11.0 Å². The van der Waals surface area contributed by atoms with Crippen LogP contribution in [-0.4, -0.2) is 0 Å². The van der Waals surface area contributed by atoms with Crippen molar-refractivity contribution in [2.45, 2.75) is 19.8 Å². The Balaban J connectivity index is 2.71. The minimum Gasteiger partial charge on any atom is -0.458 e. The van der Waals surface area contributed by atoms with Crippen LogP contribution in [0.5, 0.6) is 0 Å². The third-order valence-corrected chi connectivity index (χ3v) is 2.29. The van der Waals surface area contributed by atoms with Crippen LogP contribution in [0, 0.1) is 17.1 Å². The molecule has 15 heavy (non-hydrogen) atoms. The second kappa shape index (κ2) is 3.39. The van der Waals surface area contributed by atoms with Gasteiger partial charge in [0.05, 0.1) is 11.6 Å². The van der Waals surface area contributed by atoms with Gasteiger partial charge in [0.1, 0.15) is 5.76 Å². The van der Waals surface area contributed by atoms with Crippen LogP contribution in [0.3, 0.4) is 0 Å². The van der Waals surface area contributed by atoms with Gasteiger partial charge in [-0.15, -0.1) is 0 Å². The molecule has 2 rings (SSSR count). The van der Waals surface area contributed by atoms with Crippen molar-refractivity contribution in [3.05, 3.63) is 35.3 Å². The standard InChI is InChI=1S/C12H10FNO/c1-7(2)11-5-9-3-8(6-14)4-10(13)12(9)15-11/h3-5,7H,1-2H3. The van der Waals surface area contributed by atoms with E-state index in [1.54, 1.807) is 12.1 Å². The van der Waals surface area contributed by atoms with E-state index in [4.69, 9.17) is 9.68 Å². The molecule has 1 heterocycles. The number of hydrogen-bond acceptors (Lipinski definition) is 2. The lowest BCUT2D eigenvalue weighted by Crippen LogP contribution is -1.80. The van der Waals surface area contributed by atoms with E-state index in [1.807, 2.05) is 19.9 Å². The molecule has 0 saturated carbocycles. The van der Waals surface area contributed by atoms with Gasteiger partial charge in [-0.3, -0.25) is 0 Å². The molecule has 0 atom stereocenters. The number of hydrogen-bond donors (Lipinski definition) is 0. The van der Waals surface area contributed by atoms with Crippen molar-refractivity contribution in [3.63, 3.8) is 0 Å². The van der Waals surface area contributed by atoms with Gasteiger partial charge in [-0.05, 0) is 18.2 Å². The fraction of sp³-hybridized carbons (Fsp3) is 0.250. The molecule has 76 valence electrons. The first-order valence-electron chi connectivity index (χ1n) is 4.75. The highest BCUT2D eigenvalue weighted by molar-refractivity contribution is 5.80. The van der Waals surface area contributed by atoms with Gasteiger partial charge in [0.15, 0.2) is 11.4 Å². The first-order valence-corrected chi connectivity index (χ1v) is 4.75. The van der Waals surface area contributed by atoms with Crippen LogP contribution in [0.15, 0.2) is 22.6 Å². The van der Waals surface area contributed by atoms with E-state index in [9.17, 15) is 4.39 Å². The van der Waals surface area contributed by atoms with E-state index >= 15 is 0 Å². The van der Waals surface area contributed by atoms with E-state index < -0.39 is 5.82 Å². The van der Waals surface area contributed by atoms with Crippen LogP contribution in [0.2, 0.25) is 0 Å². The third-order valence-electron chi connectivity index (χ3n) is 2.29. The van der Waals surface area contributed by atoms with Crippen LogP contribution in [0.25, 0.3) is 11.0 Å². The van der Waals surface area contributed by atoms with Crippen LogP contribution in [0.1, 0.15) is 31.1 Å². The maximum Gasteiger partial charge on any atom is 0.169 e. The van der Waals surface area contributed by atoms with Gasteiger partial charge in [0, 0.05) is 11.3 Å². The first-order chi connectivity index (χ1) is 7.11. The molecule has 2 nitrogen and oxygen atoms in total. The largest absolute Gasteiger partial charge is 0.458 e. The minimum atomic E-state index is -0.476. The zero-order chi connectivity index (χ0) is 11.0. The second-order valence-corrected chi connectivity index (χ2v) is 3.79. The molecular formula is C12H10FNO. The van der Waals surface area contributed by atoms with Crippen molar-refractivity contribution in [2.75, 3.05) is 0 Å². The number of halogens is 1. The lowest BCUT2D eigenvalue weighted by Gasteiger charge is -1.96. The summed E-state index contributed by atoms with van der Waals surface area (Å²) in [4.78, 5) is 0. The average molecular weight is 203 g/mol. The average Bonchev–Trinajstić information content (AvgIpc) is 2.61. The molecule has 0 aliphatic rings. The SMILES string of the molecule is CC(C)c1cc2cc(C#N)cc(F)c2o1. The number of nitrogens with zero attached hydrogens (tertiary/aromatic N) is 1. The molecule has 0 saturated heterocycles. The summed E-state index contributed by atoms with van der Waals surface area (Å²) < 4.78 is 18.8. The number of nitriles is 1. The molecule has 0 N–H and O–H groups in total. The van der Waals surface area contributed by atoms with Gasteiger partial charge in [-0.25, -0.2) is 4.39 Å². The first kappa shape index (κ1) is 9.72. The molecule has 0 amide bonds. The highest BCUT2D eigenvalue weighted by Gasteiger charge is 2.12. The minimum absolute atomic E-state index is 0.210. The summed E-state index contributed by atoms with van der Waals surface area (Å²) in [5, 5.41) is 9.34. The van der Waals surface area contributed by atoms with Gasteiger partial charge >= 0.3 is 0 Å². The second-order valence-electron chi connectivity index (χ2n) is 3.79. The Kier molecular flexibility index (Phi) is 2.20. The van der Waals surface area contributed by atoms with Crippen molar-refractivity contribution in [2.24, 2.45) is 0 Å². The van der Waals surface area contributed by atoms with E-state index in [2.05, 4.69) is 0 Å². The Labute approximate surface area is 86.9 Å². The molecule has 3 heteroatoms. The Morgan fingerprint density at radius 2 is 2.07 bits per heavy atom. The quantitative estimate of drug-likeness (QED) is 0.710. The van der Waals surface area contributed by atoms with Gasteiger partial charge in [-0.2, -0.15) is 5.26 Å². The Bertz CT molecular complexity index is 548. The van der Waals surface area contributed by atoms with E-state index in [0.29, 0.717) is 10.9 Å². The molecule has 0 fully saturated rings. The third kappa shape index (κ3) is 1.59. The molecular weight excluding hydrogens is 193 g/mol. The van der Waals surface area contributed by atoms with Crippen molar-refractivity contribution in [1.29, 1.82) is 5.26 Å². The van der Waals surface area contributed by atoms with Crippen LogP contribution < -0.4 is 0 Å². The van der Waals surface area contributed by atoms with Gasteiger partial charge in [0.25, 0.3) is 0 Å². The van der Waals surface area contributed by atoms with Crippen LogP contribution in [0.4, 0.5) is 4.39 Å². The van der Waals surface area contributed by atoms with Gasteiger partial charge in [-0.1, -0.05) is 13.8 Å². The zero-order valence-corrected chi connectivity index (χ0v) is 8.54. The summed E-state index contributed by atoms with van der Waals surface area (Å²) in [5.74, 6) is 0.470. The van der Waals surface area contributed by atoms with Crippen molar-refractivity contribution in [1.82, 2.24) is 0 Å². The summed E-state index contributed by atoms with van der Waals surface area (Å²) in [6.07, 6.45) is 0. The highest BCUT2D eigenvalue weighted by atomic mass is 19.1. The van der Waals surface area contributed by atoms with Crippen LogP contribution in [-0.2, 0) is 0 Å². The smallest absolute Gasteiger partial charge is 0.169 e. The van der Waals surface area contributed by atoms with Crippen molar-refractivity contribution in [3.8, 4) is 6.07 Å². The Morgan fingerprint density at radius 3 is 2.67 bits per heavy atom. The highest BCUT2D eigenvalue weighted by Crippen LogP contribution is 2.27. The summed E-state index contributed by atoms with van der Waals surface area (Å²) in [6, 6.07) is 6.52. The number of fused-ring (bicyclic) bond motifs is 1. The fourth-order valence-corrected chi connectivity index (χ4v) is 1.48. The predicted octanol–water partition coefficient (Wildman–Crippen LogP) is 3.57. The van der Waals surface area contributed by atoms with E-state index in [1.165, 1.54) is 6.07 Å². The molecule has 1 aromatic carbocycles. The monoisotopic (exact) mass is 203 g/mol. The summed E-state index contributed by atoms with van der Waals surface area (Å²) in [7, 11) is 0. The van der Waals surface area contributed by atoms with Gasteiger partial charge < -0.3 is 4.42 Å². The lowest BCUT2D eigenvalue weighted by molar-refractivity contribution is 0.499. The molecule has 0 aliphatic carbocycles. The summed E-state index contributed by atoms with van der Waals surface area (Å²) >= 11 is 0. The van der Waals surface area contributed by atoms with E-state index in [0.717, 1.165) is 5.76 Å². The summed E-state index contributed by atoms with van der Waals surface area (Å²) in [6.45, 7) is 3.95. The zero-order valence-electron chi connectivity index (χ0n) is 8.54. The fourth-order valence-electron chi connectivity index (χ4n) is 1.48. The maximum atomic E-state index is 13.5. The molecule has 0 aliphatic heterocycles. The Hall–Kier alpha value is -1.82.